The Balaban J connectivity index is 0.00000576. The Morgan fingerprint density at radius 2 is 1.88 bits per heavy atom. The molecule has 0 aliphatic rings. The van der Waals surface area contributed by atoms with Crippen molar-refractivity contribution in [2.75, 3.05) is 33.4 Å². The molecule has 0 aliphatic heterocycles. The summed E-state index contributed by atoms with van der Waals surface area (Å²) >= 11 is 5.87. The highest BCUT2D eigenvalue weighted by atomic mass is 127. The molecule has 0 fully saturated rings. The number of ether oxygens (including phenoxy) is 2. The predicted octanol–water partition coefficient (Wildman–Crippen LogP) is 4.10. The zero-order chi connectivity index (χ0) is 17.6. The first-order valence-electron chi connectivity index (χ1n) is 8.59. The molecule has 0 saturated heterocycles. The van der Waals surface area contributed by atoms with Crippen LogP contribution < -0.4 is 15.4 Å². The summed E-state index contributed by atoms with van der Waals surface area (Å²) in [6, 6.07) is 7.38. The van der Waals surface area contributed by atoms with Gasteiger partial charge >= 0.3 is 0 Å². The number of methoxy groups -OCH3 is 1. The summed E-state index contributed by atoms with van der Waals surface area (Å²) in [7, 11) is 1.74. The Morgan fingerprint density at radius 1 is 1.16 bits per heavy atom. The van der Waals surface area contributed by atoms with Crippen molar-refractivity contribution in [3.8, 4) is 5.75 Å². The minimum Gasteiger partial charge on any atom is -0.489 e. The fraction of sp³-hybridized carbons (Fsp3) is 0.611. The van der Waals surface area contributed by atoms with Gasteiger partial charge in [0, 0.05) is 31.8 Å². The van der Waals surface area contributed by atoms with E-state index in [1.54, 1.807) is 7.11 Å². The van der Waals surface area contributed by atoms with Gasteiger partial charge in [-0.25, -0.2) is 4.99 Å². The number of halogens is 2. The Labute approximate surface area is 173 Å². The molecule has 0 aromatic heterocycles. The minimum absolute atomic E-state index is 0. The molecule has 2 N–H and O–H groups in total. The van der Waals surface area contributed by atoms with Crippen LogP contribution in [-0.4, -0.2) is 45.4 Å². The number of benzene rings is 1. The fourth-order valence-corrected chi connectivity index (χ4v) is 2.23. The molecule has 25 heavy (non-hydrogen) atoms. The Hall–Kier alpha value is -0.730. The number of unbranched alkanes of at least 4 members (excludes halogenated alkanes) is 2. The summed E-state index contributed by atoms with van der Waals surface area (Å²) in [5.41, 5.74) is 0. The van der Waals surface area contributed by atoms with E-state index in [0.29, 0.717) is 11.6 Å². The second-order valence-electron chi connectivity index (χ2n) is 5.58. The van der Waals surface area contributed by atoms with Gasteiger partial charge in [0.05, 0.1) is 6.54 Å². The van der Waals surface area contributed by atoms with Gasteiger partial charge in [-0.1, -0.05) is 11.6 Å². The first-order valence-corrected chi connectivity index (χ1v) is 8.96. The molecule has 1 atom stereocenters. The summed E-state index contributed by atoms with van der Waals surface area (Å²) in [5, 5.41) is 7.31. The highest BCUT2D eigenvalue weighted by Crippen LogP contribution is 2.16. The molecule has 1 aromatic carbocycles. The number of hydrogen-bond acceptors (Lipinski definition) is 3. The molecule has 144 valence electrons. The molecule has 0 spiro atoms. The lowest BCUT2D eigenvalue weighted by Crippen LogP contribution is -2.38. The van der Waals surface area contributed by atoms with Gasteiger partial charge < -0.3 is 20.1 Å². The number of guanidine groups is 1. The third-order valence-corrected chi connectivity index (χ3v) is 3.57. The minimum atomic E-state index is -0.0108. The van der Waals surface area contributed by atoms with E-state index in [2.05, 4.69) is 22.5 Å². The Bertz CT molecular complexity index is 472. The maximum Gasteiger partial charge on any atom is 0.191 e. The zero-order valence-electron chi connectivity index (χ0n) is 15.4. The van der Waals surface area contributed by atoms with Gasteiger partial charge in [0.1, 0.15) is 11.9 Å². The van der Waals surface area contributed by atoms with E-state index in [-0.39, 0.29) is 30.1 Å². The lowest BCUT2D eigenvalue weighted by atomic mass is 10.2. The maximum absolute atomic E-state index is 5.87. The summed E-state index contributed by atoms with van der Waals surface area (Å²) < 4.78 is 10.9. The van der Waals surface area contributed by atoms with Crippen molar-refractivity contribution in [3.63, 3.8) is 0 Å². The average molecular weight is 484 g/mol. The molecule has 0 aliphatic carbocycles. The van der Waals surface area contributed by atoms with Crippen LogP contribution in [0, 0.1) is 0 Å². The molecule has 1 unspecified atom stereocenters. The van der Waals surface area contributed by atoms with Crippen molar-refractivity contribution in [1.29, 1.82) is 0 Å². The first kappa shape index (κ1) is 24.3. The quantitative estimate of drug-likeness (QED) is 0.215. The van der Waals surface area contributed by atoms with E-state index in [4.69, 9.17) is 21.1 Å². The van der Waals surface area contributed by atoms with Gasteiger partial charge in [0.2, 0.25) is 0 Å². The van der Waals surface area contributed by atoms with E-state index in [9.17, 15) is 0 Å². The number of rotatable bonds is 11. The molecule has 1 aromatic rings. The van der Waals surface area contributed by atoms with E-state index in [0.717, 1.165) is 50.7 Å². The SMILES string of the molecule is CCNC(=NCC(C)Oc1ccc(Cl)cc1)NCCCCCOC.I. The van der Waals surface area contributed by atoms with Crippen molar-refractivity contribution in [2.24, 2.45) is 4.99 Å². The van der Waals surface area contributed by atoms with Crippen molar-refractivity contribution in [3.05, 3.63) is 29.3 Å². The topological polar surface area (TPSA) is 54.9 Å². The standard InChI is InChI=1S/C18H30ClN3O2.HI/c1-4-20-18(21-12-6-5-7-13-23-3)22-14-15(2)24-17-10-8-16(19)9-11-17;/h8-11,15H,4-7,12-14H2,1-3H3,(H2,20,21,22);1H. The van der Waals surface area contributed by atoms with Crippen LogP contribution in [0.15, 0.2) is 29.3 Å². The maximum atomic E-state index is 5.87. The molecule has 0 saturated carbocycles. The van der Waals surface area contributed by atoms with Crippen molar-refractivity contribution in [1.82, 2.24) is 10.6 Å². The largest absolute Gasteiger partial charge is 0.489 e. The van der Waals surface area contributed by atoms with Crippen molar-refractivity contribution < 1.29 is 9.47 Å². The smallest absolute Gasteiger partial charge is 0.191 e. The third kappa shape index (κ3) is 12.3. The molecular formula is C18H31ClIN3O2. The molecule has 0 radical (unpaired) electrons. The number of nitrogens with zero attached hydrogens (tertiary/aromatic N) is 1. The van der Waals surface area contributed by atoms with Gasteiger partial charge in [-0.2, -0.15) is 0 Å². The first-order chi connectivity index (χ1) is 11.7. The van der Waals surface area contributed by atoms with Gasteiger partial charge in [0.15, 0.2) is 5.96 Å². The number of aliphatic imine (C=N–C) groups is 1. The Morgan fingerprint density at radius 3 is 2.52 bits per heavy atom. The van der Waals surface area contributed by atoms with E-state index >= 15 is 0 Å². The molecule has 5 nitrogen and oxygen atoms in total. The van der Waals surface area contributed by atoms with E-state index < -0.39 is 0 Å². The molecular weight excluding hydrogens is 453 g/mol. The summed E-state index contributed by atoms with van der Waals surface area (Å²) in [6.07, 6.45) is 3.34. The molecule has 0 amide bonds. The summed E-state index contributed by atoms with van der Waals surface area (Å²) in [5.74, 6) is 1.63. The van der Waals surface area contributed by atoms with Gasteiger partial charge in [-0.3, -0.25) is 0 Å². The van der Waals surface area contributed by atoms with Crippen molar-refractivity contribution >= 4 is 41.5 Å². The van der Waals surface area contributed by atoms with Crippen LogP contribution in [0.5, 0.6) is 5.75 Å². The lowest BCUT2D eigenvalue weighted by molar-refractivity contribution is 0.192. The lowest BCUT2D eigenvalue weighted by Gasteiger charge is -2.15. The van der Waals surface area contributed by atoms with Crippen LogP contribution in [0.25, 0.3) is 0 Å². The zero-order valence-corrected chi connectivity index (χ0v) is 18.5. The van der Waals surface area contributed by atoms with E-state index in [1.807, 2.05) is 31.2 Å². The molecule has 1 rings (SSSR count). The normalized spacial score (nSPS) is 12.2. The van der Waals surface area contributed by atoms with Crippen molar-refractivity contribution in [2.45, 2.75) is 39.2 Å². The van der Waals surface area contributed by atoms with Gasteiger partial charge in [-0.05, 0) is 57.4 Å². The fourth-order valence-electron chi connectivity index (χ4n) is 2.10. The number of nitrogens with one attached hydrogen (secondary N) is 2. The highest BCUT2D eigenvalue weighted by Gasteiger charge is 2.04. The molecule has 0 bridgehead atoms. The average Bonchev–Trinajstić information content (AvgIpc) is 2.57. The van der Waals surface area contributed by atoms with Crippen LogP contribution in [0.3, 0.4) is 0 Å². The van der Waals surface area contributed by atoms with Crippen LogP contribution >= 0.6 is 35.6 Å². The molecule has 0 heterocycles. The van der Waals surface area contributed by atoms with E-state index in [1.165, 1.54) is 0 Å². The summed E-state index contributed by atoms with van der Waals surface area (Å²) in [6.45, 7) is 7.22. The molecule has 7 heteroatoms. The monoisotopic (exact) mass is 483 g/mol. The predicted molar refractivity (Wildman–Crippen MR) is 117 cm³/mol. The Kier molecular flexibility index (Phi) is 15.1. The third-order valence-electron chi connectivity index (χ3n) is 3.32. The summed E-state index contributed by atoms with van der Waals surface area (Å²) in [4.78, 5) is 4.58. The van der Waals surface area contributed by atoms with Crippen LogP contribution in [0.2, 0.25) is 5.02 Å². The highest BCUT2D eigenvalue weighted by molar-refractivity contribution is 14.0. The van der Waals surface area contributed by atoms with Gasteiger partial charge in [-0.15, -0.1) is 24.0 Å². The second kappa shape index (κ2) is 15.5. The second-order valence-corrected chi connectivity index (χ2v) is 6.02. The van der Waals surface area contributed by atoms with Crippen LogP contribution in [0.1, 0.15) is 33.1 Å². The number of hydrogen-bond donors (Lipinski definition) is 2. The van der Waals surface area contributed by atoms with Crippen LogP contribution in [-0.2, 0) is 4.74 Å². The van der Waals surface area contributed by atoms with Crippen LogP contribution in [0.4, 0.5) is 0 Å². The van der Waals surface area contributed by atoms with Gasteiger partial charge in [0.25, 0.3) is 0 Å².